The minimum absolute atomic E-state index is 0.399. The zero-order valence-corrected chi connectivity index (χ0v) is 7.89. The second kappa shape index (κ2) is 3.26. The van der Waals surface area contributed by atoms with E-state index in [0.717, 1.165) is 17.3 Å². The Morgan fingerprint density at radius 2 is 2.36 bits per heavy atom. The van der Waals surface area contributed by atoms with Gasteiger partial charge in [-0.1, -0.05) is 18.5 Å². The Hall–Kier alpha value is -0.500. The summed E-state index contributed by atoms with van der Waals surface area (Å²) in [5, 5.41) is 5.00. The molecular weight excluding hydrogens is 160 g/mol. The highest BCUT2D eigenvalue weighted by Gasteiger charge is 2.07. The topological polar surface area (TPSA) is 17.8 Å². The molecule has 1 aromatic heterocycles. The van der Waals surface area contributed by atoms with Crippen LogP contribution in [-0.4, -0.2) is 9.78 Å². The molecule has 11 heavy (non-hydrogen) atoms. The molecule has 1 unspecified atom stereocenters. The molecule has 0 bridgehead atoms. The van der Waals surface area contributed by atoms with E-state index in [2.05, 4.69) is 18.9 Å². The fourth-order valence-corrected chi connectivity index (χ4v) is 1.33. The van der Waals surface area contributed by atoms with Crippen LogP contribution in [0.1, 0.15) is 32.0 Å². The first-order chi connectivity index (χ1) is 5.15. The molecule has 0 aliphatic rings. The monoisotopic (exact) mass is 172 g/mol. The van der Waals surface area contributed by atoms with Crippen LogP contribution in [-0.2, 0) is 0 Å². The maximum Gasteiger partial charge on any atom is 0.127 e. The first-order valence-corrected chi connectivity index (χ1v) is 4.24. The molecule has 0 radical (unpaired) electrons. The van der Waals surface area contributed by atoms with Crippen molar-refractivity contribution in [2.24, 2.45) is 0 Å². The Bertz CT molecular complexity index is 242. The van der Waals surface area contributed by atoms with Crippen molar-refractivity contribution < 1.29 is 0 Å². The summed E-state index contributed by atoms with van der Waals surface area (Å²) in [5.41, 5.74) is 0.982. The lowest BCUT2D eigenvalue weighted by atomic mass is 10.3. The molecule has 1 aromatic rings. The van der Waals surface area contributed by atoms with Gasteiger partial charge in [-0.25, -0.2) is 0 Å². The summed E-state index contributed by atoms with van der Waals surface area (Å²) < 4.78 is 1.86. The molecule has 0 fully saturated rings. The number of hydrogen-bond donors (Lipinski definition) is 0. The third-order valence-electron chi connectivity index (χ3n) is 1.82. The van der Waals surface area contributed by atoms with Crippen LogP contribution in [0.2, 0.25) is 5.15 Å². The average Bonchev–Trinajstić information content (AvgIpc) is 2.28. The van der Waals surface area contributed by atoms with Crippen LogP contribution in [0.3, 0.4) is 0 Å². The zero-order valence-electron chi connectivity index (χ0n) is 7.13. The van der Waals surface area contributed by atoms with Crippen molar-refractivity contribution in [1.82, 2.24) is 9.78 Å². The molecule has 1 atom stereocenters. The Kier molecular flexibility index (Phi) is 2.55. The number of halogens is 1. The van der Waals surface area contributed by atoms with Gasteiger partial charge in [-0.2, -0.15) is 5.10 Å². The average molecular weight is 173 g/mol. The van der Waals surface area contributed by atoms with Crippen LogP contribution >= 0.6 is 11.6 Å². The molecule has 1 heterocycles. The minimum atomic E-state index is 0.399. The smallest absolute Gasteiger partial charge is 0.127 e. The molecule has 0 saturated heterocycles. The van der Waals surface area contributed by atoms with Crippen molar-refractivity contribution in [3.05, 3.63) is 16.9 Å². The van der Waals surface area contributed by atoms with E-state index in [-0.39, 0.29) is 0 Å². The minimum Gasteiger partial charge on any atom is -0.251 e. The van der Waals surface area contributed by atoms with E-state index in [9.17, 15) is 0 Å². The first-order valence-electron chi connectivity index (χ1n) is 3.86. The van der Waals surface area contributed by atoms with Crippen molar-refractivity contribution >= 4 is 11.6 Å². The van der Waals surface area contributed by atoms with Crippen LogP contribution in [0.4, 0.5) is 0 Å². The highest BCUT2D eigenvalue weighted by Crippen LogP contribution is 2.17. The molecule has 0 N–H and O–H groups in total. The summed E-state index contributed by atoms with van der Waals surface area (Å²) in [6.45, 7) is 6.18. The fourth-order valence-electron chi connectivity index (χ4n) is 0.967. The summed E-state index contributed by atoms with van der Waals surface area (Å²) in [6.07, 6.45) is 1.06. The van der Waals surface area contributed by atoms with Gasteiger partial charge in [-0.15, -0.1) is 0 Å². The van der Waals surface area contributed by atoms with Crippen molar-refractivity contribution in [3.8, 4) is 0 Å². The third-order valence-corrected chi connectivity index (χ3v) is 2.10. The van der Waals surface area contributed by atoms with Crippen molar-refractivity contribution in [1.29, 1.82) is 0 Å². The zero-order chi connectivity index (χ0) is 8.43. The van der Waals surface area contributed by atoms with Crippen molar-refractivity contribution in [2.75, 3.05) is 0 Å². The lowest BCUT2D eigenvalue weighted by Crippen LogP contribution is -2.05. The normalized spacial score (nSPS) is 13.5. The van der Waals surface area contributed by atoms with Gasteiger partial charge in [0, 0.05) is 0 Å². The van der Waals surface area contributed by atoms with Crippen LogP contribution < -0.4 is 0 Å². The summed E-state index contributed by atoms with van der Waals surface area (Å²) in [7, 11) is 0. The van der Waals surface area contributed by atoms with Crippen molar-refractivity contribution in [2.45, 2.75) is 33.2 Å². The summed E-state index contributed by atoms with van der Waals surface area (Å²) in [6, 6.07) is 2.28. The predicted octanol–water partition coefficient (Wildman–Crippen LogP) is 2.82. The number of aromatic nitrogens is 2. The third kappa shape index (κ3) is 1.74. The molecule has 1 rings (SSSR count). The van der Waals surface area contributed by atoms with E-state index in [4.69, 9.17) is 11.6 Å². The quantitative estimate of drug-likeness (QED) is 0.671. The number of nitrogens with zero attached hydrogens (tertiary/aromatic N) is 2. The van der Waals surface area contributed by atoms with E-state index in [0.29, 0.717) is 6.04 Å². The molecule has 0 spiro atoms. The van der Waals surface area contributed by atoms with Crippen LogP contribution in [0, 0.1) is 6.92 Å². The summed E-state index contributed by atoms with van der Waals surface area (Å²) in [5.74, 6) is 0. The molecular formula is C8H13ClN2. The van der Waals surface area contributed by atoms with Crippen LogP contribution in [0.15, 0.2) is 6.07 Å². The summed E-state index contributed by atoms with van der Waals surface area (Å²) in [4.78, 5) is 0. The van der Waals surface area contributed by atoms with Gasteiger partial charge >= 0.3 is 0 Å². The molecule has 0 amide bonds. The molecule has 0 aliphatic heterocycles. The molecule has 0 aromatic carbocycles. The van der Waals surface area contributed by atoms with Crippen molar-refractivity contribution in [3.63, 3.8) is 0 Å². The maximum atomic E-state index is 5.92. The second-order valence-corrected chi connectivity index (χ2v) is 3.20. The highest BCUT2D eigenvalue weighted by molar-refractivity contribution is 6.29. The highest BCUT2D eigenvalue weighted by atomic mass is 35.5. The Morgan fingerprint density at radius 3 is 2.73 bits per heavy atom. The largest absolute Gasteiger partial charge is 0.251 e. The van der Waals surface area contributed by atoms with E-state index >= 15 is 0 Å². The molecule has 2 nitrogen and oxygen atoms in total. The number of aryl methyl sites for hydroxylation is 1. The van der Waals surface area contributed by atoms with E-state index in [1.54, 1.807) is 0 Å². The SMILES string of the molecule is CCC(C)n1nc(C)cc1Cl. The molecule has 0 aliphatic carbocycles. The van der Waals surface area contributed by atoms with Gasteiger partial charge < -0.3 is 0 Å². The van der Waals surface area contributed by atoms with Crippen LogP contribution in [0.25, 0.3) is 0 Å². The van der Waals surface area contributed by atoms with E-state index < -0.39 is 0 Å². The molecule has 62 valence electrons. The lowest BCUT2D eigenvalue weighted by molar-refractivity contribution is 0.476. The predicted molar refractivity (Wildman–Crippen MR) is 47.0 cm³/mol. The second-order valence-electron chi connectivity index (χ2n) is 2.81. The molecule has 3 heteroatoms. The van der Waals surface area contributed by atoms with Gasteiger partial charge in [-0.3, -0.25) is 4.68 Å². The number of rotatable bonds is 2. The van der Waals surface area contributed by atoms with E-state index in [1.165, 1.54) is 0 Å². The van der Waals surface area contributed by atoms with Crippen LogP contribution in [0.5, 0.6) is 0 Å². The maximum absolute atomic E-state index is 5.92. The standard InChI is InChI=1S/C8H13ClN2/c1-4-7(3)11-8(9)5-6(2)10-11/h5,7H,4H2,1-3H3. The van der Waals surface area contributed by atoms with Gasteiger partial charge in [0.2, 0.25) is 0 Å². The molecule has 0 saturated carbocycles. The van der Waals surface area contributed by atoms with Gasteiger partial charge in [0.05, 0.1) is 11.7 Å². The van der Waals surface area contributed by atoms with Gasteiger partial charge in [0.25, 0.3) is 0 Å². The Balaban J connectivity index is 2.93. The van der Waals surface area contributed by atoms with E-state index in [1.807, 2.05) is 17.7 Å². The van der Waals surface area contributed by atoms with Gasteiger partial charge in [-0.05, 0) is 26.3 Å². The Labute approximate surface area is 72.2 Å². The first kappa shape index (κ1) is 8.60. The van der Waals surface area contributed by atoms with Gasteiger partial charge in [0.1, 0.15) is 5.15 Å². The lowest BCUT2D eigenvalue weighted by Gasteiger charge is -2.09. The number of hydrogen-bond acceptors (Lipinski definition) is 1. The summed E-state index contributed by atoms with van der Waals surface area (Å²) >= 11 is 5.92. The van der Waals surface area contributed by atoms with Gasteiger partial charge in [0.15, 0.2) is 0 Å². The Morgan fingerprint density at radius 1 is 1.73 bits per heavy atom. The fraction of sp³-hybridized carbons (Fsp3) is 0.625.